The molecular weight excluding hydrogens is 338 g/mol. The molecule has 0 aromatic rings. The molecule has 0 aromatic heterocycles. The van der Waals surface area contributed by atoms with Crippen LogP contribution in [0.25, 0.3) is 0 Å². The zero-order valence-corrected chi connectivity index (χ0v) is 18.7. The van der Waals surface area contributed by atoms with Crippen molar-refractivity contribution in [1.82, 2.24) is 0 Å². The van der Waals surface area contributed by atoms with Gasteiger partial charge in [0.05, 0.1) is 0 Å². The van der Waals surface area contributed by atoms with Crippen LogP contribution in [0.4, 0.5) is 0 Å². The molecule has 0 spiro atoms. The molecule has 4 heteroatoms. The zero-order valence-electron chi connectivity index (χ0n) is 18.7. The van der Waals surface area contributed by atoms with Crippen molar-refractivity contribution in [2.24, 2.45) is 0 Å². The number of rotatable bonds is 20. The monoisotopic (exact) mass is 388 g/mol. The normalized spacial score (nSPS) is 12.7. The van der Waals surface area contributed by atoms with Gasteiger partial charge in [-0.2, -0.15) is 10.4 Å². The Labute approximate surface area is 169 Å². The second-order valence-electron chi connectivity index (χ2n) is 9.04. The number of hydrogen-bond acceptors (Lipinski definition) is 3. The van der Waals surface area contributed by atoms with E-state index in [4.69, 9.17) is 5.11 Å². The molecule has 27 heavy (non-hydrogen) atoms. The predicted molar refractivity (Wildman–Crippen MR) is 114 cm³/mol. The number of hydroxylamine groups is 4. The highest BCUT2D eigenvalue weighted by Crippen LogP contribution is 2.24. The second-order valence-corrected chi connectivity index (χ2v) is 9.04. The Kier molecular flexibility index (Phi) is 16.7. The first-order valence-electron chi connectivity index (χ1n) is 11.8. The summed E-state index contributed by atoms with van der Waals surface area (Å²) in [5.74, 6) is 0. The van der Waals surface area contributed by atoms with Crippen LogP contribution < -0.4 is 0 Å². The third kappa shape index (κ3) is 14.5. The number of hydrogen-bond donors (Lipinski definition) is 3. The van der Waals surface area contributed by atoms with Crippen LogP contribution in [-0.2, 0) is 0 Å². The van der Waals surface area contributed by atoms with Gasteiger partial charge in [-0.3, -0.25) is 0 Å². The Balaban J connectivity index is 3.36. The van der Waals surface area contributed by atoms with Crippen molar-refractivity contribution in [3.63, 3.8) is 0 Å². The fraction of sp³-hybridized carbons (Fsp3) is 1.00. The molecule has 164 valence electrons. The van der Waals surface area contributed by atoms with E-state index < -0.39 is 10.3 Å². The van der Waals surface area contributed by atoms with E-state index in [1.54, 1.807) is 13.8 Å². The molecule has 0 aliphatic rings. The van der Waals surface area contributed by atoms with Gasteiger partial charge in [-0.1, -0.05) is 96.8 Å². The predicted octanol–water partition coefficient (Wildman–Crippen LogP) is 7.00. The molecular formula is C23H50NO3+. The lowest BCUT2D eigenvalue weighted by Crippen LogP contribution is -2.58. The Morgan fingerprint density at radius 3 is 1.26 bits per heavy atom. The number of aliphatic hydroxyl groups is 1. The average Bonchev–Trinajstić information content (AvgIpc) is 2.61. The molecule has 0 saturated carbocycles. The maximum absolute atomic E-state index is 10.2. The highest BCUT2D eigenvalue weighted by molar-refractivity contribution is 4.65. The third-order valence-electron chi connectivity index (χ3n) is 6.02. The quantitative estimate of drug-likeness (QED) is 0.119. The Bertz CT molecular complexity index is 319. The minimum absolute atomic E-state index is 0.0208. The van der Waals surface area contributed by atoms with E-state index in [1.165, 1.54) is 89.9 Å². The molecule has 0 aliphatic carbocycles. The summed E-state index contributed by atoms with van der Waals surface area (Å²) in [5, 5.41) is 29.4. The number of aliphatic hydroxyl groups excluding tert-OH is 1. The van der Waals surface area contributed by atoms with E-state index >= 15 is 0 Å². The van der Waals surface area contributed by atoms with Gasteiger partial charge < -0.3 is 5.11 Å². The van der Waals surface area contributed by atoms with Crippen LogP contribution in [0, 0.1) is 0 Å². The molecule has 0 atom stereocenters. The fourth-order valence-corrected chi connectivity index (χ4v) is 3.64. The molecule has 0 radical (unpaired) electrons. The standard InChI is InChI=1S/C23H50NO3/c1-4-5-6-7-8-9-10-11-12-13-14-15-16-17-18-19-21-24(26,27)23(2,3)20-22-25/h25-27H,4-22H2,1-3H3/q+1. The first-order chi connectivity index (χ1) is 12.9. The Morgan fingerprint density at radius 1 is 0.593 bits per heavy atom. The van der Waals surface area contributed by atoms with Crippen LogP contribution in [0.1, 0.15) is 130 Å². The number of quaternary nitrogens is 1. The van der Waals surface area contributed by atoms with Crippen LogP contribution in [0.2, 0.25) is 0 Å². The largest absolute Gasteiger partial charge is 0.396 e. The highest BCUT2D eigenvalue weighted by Gasteiger charge is 2.42. The Morgan fingerprint density at radius 2 is 0.926 bits per heavy atom. The lowest BCUT2D eigenvalue weighted by atomic mass is 9.99. The minimum atomic E-state index is -0.980. The molecule has 0 heterocycles. The van der Waals surface area contributed by atoms with Gasteiger partial charge >= 0.3 is 0 Å². The van der Waals surface area contributed by atoms with E-state index in [0.717, 1.165) is 12.8 Å². The summed E-state index contributed by atoms with van der Waals surface area (Å²) in [5.41, 5.74) is -0.718. The van der Waals surface area contributed by atoms with E-state index in [0.29, 0.717) is 13.0 Å². The molecule has 0 aromatic carbocycles. The molecule has 0 bridgehead atoms. The van der Waals surface area contributed by atoms with Gasteiger partial charge in [0, 0.05) is 19.4 Å². The summed E-state index contributed by atoms with van der Waals surface area (Å²) in [4.78, 5) is -0.980. The van der Waals surface area contributed by atoms with Crippen LogP contribution in [0.5, 0.6) is 0 Å². The summed E-state index contributed by atoms with van der Waals surface area (Å²) < 4.78 is 0. The van der Waals surface area contributed by atoms with Gasteiger partial charge in [-0.25, -0.2) is 0 Å². The summed E-state index contributed by atoms with van der Waals surface area (Å²) >= 11 is 0. The van der Waals surface area contributed by atoms with Gasteiger partial charge in [0.1, 0.15) is 6.54 Å². The van der Waals surface area contributed by atoms with Gasteiger partial charge in [-0.15, -0.1) is 0 Å². The van der Waals surface area contributed by atoms with E-state index in [-0.39, 0.29) is 6.61 Å². The van der Waals surface area contributed by atoms with E-state index in [9.17, 15) is 10.4 Å². The van der Waals surface area contributed by atoms with Crippen molar-refractivity contribution < 1.29 is 20.3 Å². The molecule has 0 aliphatic heterocycles. The number of nitrogens with zero attached hydrogens (tertiary/aromatic N) is 1. The smallest absolute Gasteiger partial charge is 0.158 e. The lowest BCUT2D eigenvalue weighted by molar-refractivity contribution is -1.27. The van der Waals surface area contributed by atoms with Crippen molar-refractivity contribution >= 4 is 0 Å². The van der Waals surface area contributed by atoms with Gasteiger partial charge in [0.15, 0.2) is 5.54 Å². The molecule has 0 fully saturated rings. The second kappa shape index (κ2) is 16.8. The lowest BCUT2D eigenvalue weighted by Gasteiger charge is -2.36. The molecule has 0 amide bonds. The molecule has 0 rings (SSSR count). The van der Waals surface area contributed by atoms with E-state index in [2.05, 4.69) is 6.92 Å². The summed E-state index contributed by atoms with van der Waals surface area (Å²) in [7, 11) is 0. The summed E-state index contributed by atoms with van der Waals surface area (Å²) in [6.07, 6.45) is 21.4. The van der Waals surface area contributed by atoms with Crippen LogP contribution in [-0.4, -0.2) is 39.0 Å². The van der Waals surface area contributed by atoms with Crippen LogP contribution >= 0.6 is 0 Å². The zero-order chi connectivity index (χ0) is 20.4. The number of unbranched alkanes of at least 4 members (excludes halogenated alkanes) is 15. The topological polar surface area (TPSA) is 60.7 Å². The summed E-state index contributed by atoms with van der Waals surface area (Å²) in [6, 6.07) is 0. The average molecular weight is 389 g/mol. The van der Waals surface area contributed by atoms with Crippen molar-refractivity contribution in [2.45, 2.75) is 135 Å². The fourth-order valence-electron chi connectivity index (χ4n) is 3.64. The highest BCUT2D eigenvalue weighted by atomic mass is 16.8. The first kappa shape index (κ1) is 26.8. The summed E-state index contributed by atoms with van der Waals surface area (Å²) in [6.45, 7) is 6.17. The van der Waals surface area contributed by atoms with Gasteiger partial charge in [0.25, 0.3) is 0 Å². The van der Waals surface area contributed by atoms with Crippen molar-refractivity contribution in [3.8, 4) is 0 Å². The van der Waals surface area contributed by atoms with Crippen molar-refractivity contribution in [3.05, 3.63) is 0 Å². The molecule has 3 N–H and O–H groups in total. The van der Waals surface area contributed by atoms with Crippen LogP contribution in [0.15, 0.2) is 0 Å². The maximum atomic E-state index is 10.2. The van der Waals surface area contributed by atoms with E-state index in [1.807, 2.05) is 0 Å². The molecule has 0 saturated heterocycles. The van der Waals surface area contributed by atoms with Gasteiger partial charge in [0.2, 0.25) is 0 Å². The van der Waals surface area contributed by atoms with Crippen molar-refractivity contribution in [2.75, 3.05) is 13.2 Å². The SMILES string of the molecule is CCCCCCCCCCCCCCCCCC[N+](O)(O)C(C)(C)CCO. The van der Waals surface area contributed by atoms with Crippen LogP contribution in [0.3, 0.4) is 0 Å². The first-order valence-corrected chi connectivity index (χ1v) is 11.8. The van der Waals surface area contributed by atoms with Gasteiger partial charge in [-0.05, 0) is 25.1 Å². The minimum Gasteiger partial charge on any atom is -0.396 e. The maximum Gasteiger partial charge on any atom is 0.158 e. The Hall–Kier alpha value is -0.160. The van der Waals surface area contributed by atoms with Crippen molar-refractivity contribution in [1.29, 1.82) is 0 Å². The third-order valence-corrected chi connectivity index (χ3v) is 6.02. The molecule has 0 unspecified atom stereocenters. The molecule has 4 nitrogen and oxygen atoms in total.